The summed E-state index contributed by atoms with van der Waals surface area (Å²) in [5.74, 6) is 0. The molecule has 0 amide bonds. The predicted molar refractivity (Wildman–Crippen MR) is 84.1 cm³/mol. The molecule has 0 radical (unpaired) electrons. The molecular formula is C13H21BrN2O3S. The molecule has 1 atom stereocenters. The molecule has 0 fully saturated rings. The lowest BCUT2D eigenvalue weighted by Crippen LogP contribution is -2.40. The van der Waals surface area contributed by atoms with E-state index in [-0.39, 0.29) is 10.9 Å². The third-order valence-corrected chi connectivity index (χ3v) is 5.87. The Labute approximate surface area is 129 Å². The molecule has 5 nitrogen and oxygen atoms in total. The maximum atomic E-state index is 12.7. The normalized spacial score (nSPS) is 13.7. The number of nitrogen functional groups attached to an aromatic ring is 1. The fourth-order valence-corrected chi connectivity index (χ4v) is 4.01. The average Bonchev–Trinajstić information content (AvgIpc) is 2.41. The van der Waals surface area contributed by atoms with Gasteiger partial charge in [-0.3, -0.25) is 0 Å². The number of hydrogen-bond acceptors (Lipinski definition) is 4. The summed E-state index contributed by atoms with van der Waals surface area (Å²) in [6.07, 6.45) is 0.735. The number of hydrogen-bond donors (Lipinski definition) is 1. The van der Waals surface area contributed by atoms with Crippen LogP contribution in [0.1, 0.15) is 20.3 Å². The highest BCUT2D eigenvalue weighted by Crippen LogP contribution is 2.26. The molecule has 1 aromatic rings. The zero-order valence-corrected chi connectivity index (χ0v) is 14.4. The van der Waals surface area contributed by atoms with E-state index in [1.807, 2.05) is 13.8 Å². The molecule has 1 aromatic carbocycles. The van der Waals surface area contributed by atoms with Gasteiger partial charge in [0.25, 0.3) is 0 Å². The van der Waals surface area contributed by atoms with Gasteiger partial charge in [-0.15, -0.1) is 0 Å². The molecule has 0 heterocycles. The van der Waals surface area contributed by atoms with Crippen LogP contribution in [0.2, 0.25) is 0 Å². The van der Waals surface area contributed by atoms with E-state index in [4.69, 9.17) is 10.5 Å². The number of nitrogens with zero attached hydrogens (tertiary/aromatic N) is 1. The van der Waals surface area contributed by atoms with Crippen LogP contribution in [0.5, 0.6) is 0 Å². The van der Waals surface area contributed by atoms with E-state index in [0.29, 0.717) is 23.3 Å². The SMILES string of the molecule is CCC(C)N(CCOC)S(=O)(=O)c1ccc(N)c(Br)c1. The number of anilines is 1. The number of benzene rings is 1. The summed E-state index contributed by atoms with van der Waals surface area (Å²) < 4.78 is 32.5. The van der Waals surface area contributed by atoms with Gasteiger partial charge in [0.05, 0.1) is 11.5 Å². The fraction of sp³-hybridized carbons (Fsp3) is 0.538. The van der Waals surface area contributed by atoms with E-state index in [1.54, 1.807) is 13.2 Å². The van der Waals surface area contributed by atoms with Gasteiger partial charge in [-0.1, -0.05) is 6.92 Å². The van der Waals surface area contributed by atoms with E-state index in [1.165, 1.54) is 16.4 Å². The molecule has 0 saturated carbocycles. The van der Waals surface area contributed by atoms with Crippen LogP contribution < -0.4 is 5.73 Å². The Morgan fingerprint density at radius 3 is 2.60 bits per heavy atom. The van der Waals surface area contributed by atoms with Gasteiger partial charge < -0.3 is 10.5 Å². The van der Waals surface area contributed by atoms with E-state index >= 15 is 0 Å². The van der Waals surface area contributed by atoms with Crippen molar-refractivity contribution in [3.8, 4) is 0 Å². The van der Waals surface area contributed by atoms with Gasteiger partial charge in [0, 0.05) is 29.9 Å². The van der Waals surface area contributed by atoms with E-state index in [2.05, 4.69) is 15.9 Å². The number of sulfonamides is 1. The van der Waals surface area contributed by atoms with Gasteiger partial charge in [0.2, 0.25) is 10.0 Å². The van der Waals surface area contributed by atoms with Crippen LogP contribution in [-0.4, -0.2) is 39.0 Å². The molecule has 0 bridgehead atoms. The molecule has 0 aliphatic rings. The summed E-state index contributed by atoms with van der Waals surface area (Å²) >= 11 is 3.26. The van der Waals surface area contributed by atoms with Gasteiger partial charge >= 0.3 is 0 Å². The van der Waals surface area contributed by atoms with Gasteiger partial charge in [-0.05, 0) is 47.5 Å². The highest BCUT2D eigenvalue weighted by atomic mass is 79.9. The molecule has 0 aliphatic heterocycles. The van der Waals surface area contributed by atoms with Crippen LogP contribution in [0.3, 0.4) is 0 Å². The van der Waals surface area contributed by atoms with Crippen molar-refractivity contribution in [2.24, 2.45) is 0 Å². The summed E-state index contributed by atoms with van der Waals surface area (Å²) in [5, 5.41) is 0. The van der Waals surface area contributed by atoms with Crippen molar-refractivity contribution in [2.45, 2.75) is 31.2 Å². The Hall–Kier alpha value is -0.630. The van der Waals surface area contributed by atoms with Crippen LogP contribution >= 0.6 is 15.9 Å². The smallest absolute Gasteiger partial charge is 0.243 e. The predicted octanol–water partition coefficient (Wildman–Crippen LogP) is 2.47. The molecule has 0 aromatic heterocycles. The van der Waals surface area contributed by atoms with Crippen LogP contribution in [-0.2, 0) is 14.8 Å². The highest BCUT2D eigenvalue weighted by molar-refractivity contribution is 9.10. The van der Waals surface area contributed by atoms with Crippen molar-refractivity contribution in [3.63, 3.8) is 0 Å². The Morgan fingerprint density at radius 2 is 2.10 bits per heavy atom. The number of nitrogens with two attached hydrogens (primary N) is 1. The second kappa shape index (κ2) is 7.40. The lowest BCUT2D eigenvalue weighted by Gasteiger charge is -2.27. The molecule has 2 N–H and O–H groups in total. The monoisotopic (exact) mass is 364 g/mol. The Bertz CT molecular complexity index is 549. The minimum absolute atomic E-state index is 0.0912. The topological polar surface area (TPSA) is 72.6 Å². The molecule has 0 saturated heterocycles. The zero-order valence-electron chi connectivity index (χ0n) is 12.0. The number of halogens is 1. The van der Waals surface area contributed by atoms with E-state index < -0.39 is 10.0 Å². The molecule has 114 valence electrons. The summed E-state index contributed by atoms with van der Waals surface area (Å²) in [4.78, 5) is 0.231. The molecular weight excluding hydrogens is 344 g/mol. The standard InChI is InChI=1S/C13H21BrN2O3S/c1-4-10(2)16(7-8-19-3)20(17,18)11-5-6-13(15)12(14)9-11/h5-6,9-10H,4,7-8,15H2,1-3H3. The first-order valence-electron chi connectivity index (χ1n) is 6.40. The lowest BCUT2D eigenvalue weighted by atomic mass is 10.3. The Morgan fingerprint density at radius 1 is 1.45 bits per heavy atom. The Balaban J connectivity index is 3.17. The minimum Gasteiger partial charge on any atom is -0.398 e. The average molecular weight is 365 g/mol. The van der Waals surface area contributed by atoms with Gasteiger partial charge in [0.15, 0.2) is 0 Å². The van der Waals surface area contributed by atoms with Crippen molar-refractivity contribution in [2.75, 3.05) is 26.0 Å². The van der Waals surface area contributed by atoms with Crippen molar-refractivity contribution in [3.05, 3.63) is 22.7 Å². The molecule has 0 spiro atoms. The van der Waals surface area contributed by atoms with E-state index in [9.17, 15) is 8.42 Å². The minimum atomic E-state index is -3.56. The van der Waals surface area contributed by atoms with Gasteiger partial charge in [0.1, 0.15) is 0 Å². The molecule has 0 aliphatic carbocycles. The third kappa shape index (κ3) is 3.94. The first kappa shape index (κ1) is 17.4. The van der Waals surface area contributed by atoms with Crippen molar-refractivity contribution >= 4 is 31.6 Å². The second-order valence-corrected chi connectivity index (χ2v) is 7.29. The maximum Gasteiger partial charge on any atom is 0.243 e. The third-order valence-electron chi connectivity index (χ3n) is 3.18. The lowest BCUT2D eigenvalue weighted by molar-refractivity contribution is 0.167. The summed E-state index contributed by atoms with van der Waals surface area (Å²) in [6, 6.07) is 4.55. The zero-order chi connectivity index (χ0) is 15.3. The summed E-state index contributed by atoms with van der Waals surface area (Å²) in [6.45, 7) is 4.54. The van der Waals surface area contributed by atoms with E-state index in [0.717, 1.165) is 6.42 Å². The molecule has 1 rings (SSSR count). The fourth-order valence-electron chi connectivity index (χ4n) is 1.77. The van der Waals surface area contributed by atoms with Crippen LogP contribution in [0.25, 0.3) is 0 Å². The number of methoxy groups -OCH3 is 1. The molecule has 20 heavy (non-hydrogen) atoms. The highest BCUT2D eigenvalue weighted by Gasteiger charge is 2.28. The van der Waals surface area contributed by atoms with Crippen LogP contribution in [0.15, 0.2) is 27.6 Å². The first-order chi connectivity index (χ1) is 9.34. The molecule has 1 unspecified atom stereocenters. The second-order valence-electron chi connectivity index (χ2n) is 4.55. The first-order valence-corrected chi connectivity index (χ1v) is 8.63. The van der Waals surface area contributed by atoms with Gasteiger partial charge in [-0.25, -0.2) is 8.42 Å². The quantitative estimate of drug-likeness (QED) is 0.754. The number of ether oxygens (including phenoxy) is 1. The molecule has 7 heteroatoms. The van der Waals surface area contributed by atoms with Crippen LogP contribution in [0, 0.1) is 0 Å². The maximum absolute atomic E-state index is 12.7. The largest absolute Gasteiger partial charge is 0.398 e. The summed E-state index contributed by atoms with van der Waals surface area (Å²) in [7, 11) is -2.00. The van der Waals surface area contributed by atoms with Crippen molar-refractivity contribution in [1.82, 2.24) is 4.31 Å². The van der Waals surface area contributed by atoms with Crippen molar-refractivity contribution in [1.29, 1.82) is 0 Å². The van der Waals surface area contributed by atoms with Crippen LogP contribution in [0.4, 0.5) is 5.69 Å². The summed E-state index contributed by atoms with van der Waals surface area (Å²) in [5.41, 5.74) is 6.21. The van der Waals surface area contributed by atoms with Crippen molar-refractivity contribution < 1.29 is 13.2 Å². The Kier molecular flexibility index (Phi) is 6.44. The van der Waals surface area contributed by atoms with Gasteiger partial charge in [-0.2, -0.15) is 4.31 Å². The number of rotatable bonds is 7.